The van der Waals surface area contributed by atoms with Gasteiger partial charge in [0.25, 0.3) is 0 Å². The standard InChI is InChI=1S/C7H11NO2S3/c1-3-5-6(4-8(9)10)12-13-7(5)11-2/h4-5,7H,3H2,1-2H3/b6-4-. The van der Waals surface area contributed by atoms with Crippen molar-refractivity contribution < 1.29 is 4.92 Å². The maximum Gasteiger partial charge on any atom is 0.245 e. The largest absolute Gasteiger partial charge is 0.259 e. The summed E-state index contributed by atoms with van der Waals surface area (Å²) in [5.41, 5.74) is 0. The quantitative estimate of drug-likeness (QED) is 0.428. The Bertz CT molecular complexity index is 232. The predicted molar refractivity (Wildman–Crippen MR) is 61.3 cm³/mol. The van der Waals surface area contributed by atoms with E-state index in [1.165, 1.54) is 0 Å². The second kappa shape index (κ2) is 5.17. The van der Waals surface area contributed by atoms with Crippen molar-refractivity contribution in [1.29, 1.82) is 0 Å². The van der Waals surface area contributed by atoms with Crippen LogP contribution in [0.5, 0.6) is 0 Å². The van der Waals surface area contributed by atoms with Gasteiger partial charge in [0.1, 0.15) is 0 Å². The number of thioether (sulfide) groups is 1. The van der Waals surface area contributed by atoms with E-state index in [0.717, 1.165) is 17.5 Å². The molecule has 0 radical (unpaired) electrons. The third kappa shape index (κ3) is 2.82. The van der Waals surface area contributed by atoms with Crippen LogP contribution in [0.1, 0.15) is 13.3 Å². The van der Waals surface area contributed by atoms with Crippen molar-refractivity contribution in [1.82, 2.24) is 0 Å². The molecule has 0 N–H and O–H groups in total. The Balaban J connectivity index is 2.73. The van der Waals surface area contributed by atoms with Crippen LogP contribution in [0, 0.1) is 16.0 Å². The SMILES string of the molecule is CCC1/C(=C/[N+](=O)[O-])SSC1SC. The highest BCUT2D eigenvalue weighted by Crippen LogP contribution is 2.54. The van der Waals surface area contributed by atoms with Gasteiger partial charge < -0.3 is 0 Å². The van der Waals surface area contributed by atoms with Crippen molar-refractivity contribution >= 4 is 33.3 Å². The third-order valence-electron chi connectivity index (χ3n) is 1.84. The highest BCUT2D eigenvalue weighted by molar-refractivity contribution is 8.80. The second-order valence-corrected chi connectivity index (χ2v) is 6.31. The van der Waals surface area contributed by atoms with Crippen molar-refractivity contribution in [3.05, 3.63) is 21.2 Å². The fourth-order valence-electron chi connectivity index (χ4n) is 1.18. The molecule has 2 atom stereocenters. The molecular formula is C7H11NO2S3. The summed E-state index contributed by atoms with van der Waals surface area (Å²) in [6, 6.07) is 0. The molecule has 1 aliphatic rings. The Kier molecular flexibility index (Phi) is 4.48. The highest BCUT2D eigenvalue weighted by atomic mass is 33.1. The Morgan fingerprint density at radius 2 is 2.46 bits per heavy atom. The van der Waals surface area contributed by atoms with Crippen LogP contribution in [0.2, 0.25) is 0 Å². The lowest BCUT2D eigenvalue weighted by atomic mass is 10.1. The molecule has 1 rings (SSSR count). The summed E-state index contributed by atoms with van der Waals surface area (Å²) in [5.74, 6) is 0.357. The van der Waals surface area contributed by atoms with E-state index in [0.29, 0.717) is 10.5 Å². The lowest BCUT2D eigenvalue weighted by Gasteiger charge is -2.12. The Hall–Kier alpha value is 0.190. The molecular weight excluding hydrogens is 226 g/mol. The first-order valence-corrected chi connectivity index (χ1v) is 7.40. The normalized spacial score (nSPS) is 31.1. The van der Waals surface area contributed by atoms with Gasteiger partial charge in [0.15, 0.2) is 0 Å². The fraction of sp³-hybridized carbons (Fsp3) is 0.714. The van der Waals surface area contributed by atoms with Crippen LogP contribution < -0.4 is 0 Å². The smallest absolute Gasteiger partial charge is 0.245 e. The van der Waals surface area contributed by atoms with Crippen LogP contribution in [-0.4, -0.2) is 15.8 Å². The average Bonchev–Trinajstić information content (AvgIpc) is 2.45. The highest BCUT2D eigenvalue weighted by Gasteiger charge is 2.33. The molecule has 6 heteroatoms. The van der Waals surface area contributed by atoms with E-state index in [9.17, 15) is 10.1 Å². The zero-order valence-corrected chi connectivity index (χ0v) is 9.88. The predicted octanol–water partition coefficient (Wildman–Crippen LogP) is 3.21. The van der Waals surface area contributed by atoms with E-state index >= 15 is 0 Å². The van der Waals surface area contributed by atoms with E-state index in [1.54, 1.807) is 33.3 Å². The van der Waals surface area contributed by atoms with Crippen molar-refractivity contribution in [3.63, 3.8) is 0 Å². The number of hydrogen-bond donors (Lipinski definition) is 0. The number of nitrogens with zero attached hydrogens (tertiary/aromatic N) is 1. The molecule has 0 amide bonds. The van der Waals surface area contributed by atoms with Gasteiger partial charge in [-0.25, -0.2) is 0 Å². The van der Waals surface area contributed by atoms with Gasteiger partial charge >= 0.3 is 0 Å². The van der Waals surface area contributed by atoms with Gasteiger partial charge in [-0.3, -0.25) is 10.1 Å². The summed E-state index contributed by atoms with van der Waals surface area (Å²) < 4.78 is 0.473. The first-order chi connectivity index (χ1) is 6.19. The number of nitro groups is 1. The molecule has 2 unspecified atom stereocenters. The van der Waals surface area contributed by atoms with E-state index in [4.69, 9.17) is 0 Å². The van der Waals surface area contributed by atoms with Gasteiger partial charge in [0.05, 0.1) is 14.4 Å². The van der Waals surface area contributed by atoms with Crippen molar-refractivity contribution in [2.24, 2.45) is 5.92 Å². The molecule has 13 heavy (non-hydrogen) atoms. The number of rotatable bonds is 3. The molecule has 1 saturated heterocycles. The van der Waals surface area contributed by atoms with Crippen LogP contribution in [-0.2, 0) is 0 Å². The van der Waals surface area contributed by atoms with Crippen LogP contribution >= 0.6 is 33.3 Å². The topological polar surface area (TPSA) is 43.1 Å². The summed E-state index contributed by atoms with van der Waals surface area (Å²) in [6.45, 7) is 2.08. The van der Waals surface area contributed by atoms with E-state index in [1.807, 2.05) is 0 Å². The number of hydrogen-bond acceptors (Lipinski definition) is 5. The van der Waals surface area contributed by atoms with Crippen LogP contribution in [0.15, 0.2) is 11.1 Å². The Labute approximate surface area is 89.7 Å². The van der Waals surface area contributed by atoms with Gasteiger partial charge in [0, 0.05) is 5.92 Å². The maximum atomic E-state index is 10.3. The van der Waals surface area contributed by atoms with Crippen LogP contribution in [0.3, 0.4) is 0 Å². The third-order valence-corrected chi connectivity index (χ3v) is 6.57. The molecule has 0 saturated carbocycles. The molecule has 3 nitrogen and oxygen atoms in total. The first-order valence-electron chi connectivity index (χ1n) is 3.90. The van der Waals surface area contributed by atoms with Gasteiger partial charge in [-0.1, -0.05) is 28.5 Å². The van der Waals surface area contributed by atoms with Gasteiger partial charge in [-0.15, -0.1) is 11.8 Å². The minimum absolute atomic E-state index is 0.353. The minimum atomic E-state index is -0.353. The second-order valence-electron chi connectivity index (χ2n) is 2.62. The van der Waals surface area contributed by atoms with Gasteiger partial charge in [-0.05, 0) is 12.7 Å². The monoisotopic (exact) mass is 237 g/mol. The zero-order chi connectivity index (χ0) is 9.84. The Morgan fingerprint density at radius 1 is 1.77 bits per heavy atom. The molecule has 0 spiro atoms. The van der Waals surface area contributed by atoms with Crippen molar-refractivity contribution in [2.45, 2.75) is 17.9 Å². The molecule has 0 aliphatic carbocycles. The van der Waals surface area contributed by atoms with Crippen molar-refractivity contribution in [2.75, 3.05) is 6.26 Å². The van der Waals surface area contributed by atoms with Crippen molar-refractivity contribution in [3.8, 4) is 0 Å². The molecule has 0 aromatic heterocycles. The molecule has 1 aliphatic heterocycles. The Morgan fingerprint density at radius 3 is 2.92 bits per heavy atom. The summed E-state index contributed by atoms with van der Waals surface area (Å²) in [5, 5.41) is 10.3. The summed E-state index contributed by atoms with van der Waals surface area (Å²) >= 11 is 1.77. The first kappa shape index (κ1) is 11.3. The molecule has 1 fully saturated rings. The van der Waals surface area contributed by atoms with E-state index in [2.05, 4.69) is 13.2 Å². The molecule has 74 valence electrons. The van der Waals surface area contributed by atoms with E-state index in [-0.39, 0.29) is 4.92 Å². The molecule has 0 bridgehead atoms. The molecule has 0 aromatic carbocycles. The zero-order valence-electron chi connectivity index (χ0n) is 7.43. The maximum absolute atomic E-state index is 10.3. The molecule has 0 aromatic rings. The summed E-state index contributed by atoms with van der Waals surface area (Å²) in [6.07, 6.45) is 4.18. The van der Waals surface area contributed by atoms with E-state index < -0.39 is 0 Å². The lowest BCUT2D eigenvalue weighted by Crippen LogP contribution is -2.08. The van der Waals surface area contributed by atoms with Crippen LogP contribution in [0.4, 0.5) is 0 Å². The minimum Gasteiger partial charge on any atom is -0.259 e. The average molecular weight is 237 g/mol. The van der Waals surface area contributed by atoms with Gasteiger partial charge in [0.2, 0.25) is 6.20 Å². The van der Waals surface area contributed by atoms with Gasteiger partial charge in [-0.2, -0.15) is 0 Å². The summed E-state index contributed by atoms with van der Waals surface area (Å²) in [7, 11) is 3.28. The molecule has 1 heterocycles. The summed E-state index contributed by atoms with van der Waals surface area (Å²) in [4.78, 5) is 10.9. The lowest BCUT2D eigenvalue weighted by molar-refractivity contribution is -0.403. The van der Waals surface area contributed by atoms with Crippen LogP contribution in [0.25, 0.3) is 0 Å². The number of allylic oxidation sites excluding steroid dienone is 1. The fourth-order valence-corrected chi connectivity index (χ4v) is 6.15.